The molecule has 0 N–H and O–H groups in total. The van der Waals surface area contributed by atoms with E-state index in [1.54, 1.807) is 12.8 Å². The van der Waals surface area contributed by atoms with E-state index in [4.69, 9.17) is 11.6 Å². The van der Waals surface area contributed by atoms with E-state index in [2.05, 4.69) is 0 Å². The van der Waals surface area contributed by atoms with Crippen LogP contribution < -0.4 is 0 Å². The lowest BCUT2D eigenvalue weighted by Crippen LogP contribution is -2.22. The zero-order valence-electron chi connectivity index (χ0n) is 7.51. The van der Waals surface area contributed by atoms with E-state index in [9.17, 15) is 0 Å². The highest BCUT2D eigenvalue weighted by Crippen LogP contribution is 2.60. The Hall–Kier alpha value is 0.290. The minimum atomic E-state index is 0.895. The predicted octanol–water partition coefficient (Wildman–Crippen LogP) is 3.30. The van der Waals surface area contributed by atoms with Gasteiger partial charge in [0.25, 0.3) is 0 Å². The summed E-state index contributed by atoms with van der Waals surface area (Å²) in [6.45, 7) is 0. The minimum absolute atomic E-state index is 0.895. The molecule has 0 amide bonds. The standard InChI is InChI=1S/C11H17Cl/c12-6-9-3-4-10-7-1-2-8(5-7)11(9)10/h7-11H,1-6H2. The molecular weight excluding hydrogens is 168 g/mol. The Morgan fingerprint density at radius 2 is 1.83 bits per heavy atom. The maximum atomic E-state index is 6.01. The number of hydrogen-bond acceptors (Lipinski definition) is 0. The van der Waals surface area contributed by atoms with E-state index in [0.29, 0.717) is 0 Å². The molecule has 0 aromatic rings. The summed E-state index contributed by atoms with van der Waals surface area (Å²) in [5, 5.41) is 0. The van der Waals surface area contributed by atoms with Gasteiger partial charge in [-0.3, -0.25) is 0 Å². The third-order valence-electron chi connectivity index (χ3n) is 4.77. The molecule has 0 aliphatic heterocycles. The van der Waals surface area contributed by atoms with E-state index in [1.165, 1.54) is 19.3 Å². The molecule has 3 aliphatic rings. The Labute approximate surface area is 79.7 Å². The first kappa shape index (κ1) is 7.67. The summed E-state index contributed by atoms with van der Waals surface area (Å²) in [5.74, 6) is 6.20. The SMILES string of the molecule is ClCC1CCC2C3CCC(C3)C12. The van der Waals surface area contributed by atoms with Crippen molar-refractivity contribution in [1.29, 1.82) is 0 Å². The van der Waals surface area contributed by atoms with Gasteiger partial charge in [-0.25, -0.2) is 0 Å². The summed E-state index contributed by atoms with van der Waals surface area (Å²) in [4.78, 5) is 0. The molecule has 0 aromatic carbocycles. The van der Waals surface area contributed by atoms with E-state index in [0.717, 1.165) is 35.5 Å². The van der Waals surface area contributed by atoms with E-state index >= 15 is 0 Å². The van der Waals surface area contributed by atoms with Crippen molar-refractivity contribution in [3.8, 4) is 0 Å². The van der Waals surface area contributed by atoms with E-state index < -0.39 is 0 Å². The van der Waals surface area contributed by atoms with Gasteiger partial charge in [-0.15, -0.1) is 11.6 Å². The van der Waals surface area contributed by atoms with Gasteiger partial charge < -0.3 is 0 Å². The highest BCUT2D eigenvalue weighted by atomic mass is 35.5. The topological polar surface area (TPSA) is 0 Å². The molecule has 5 atom stereocenters. The average molecular weight is 185 g/mol. The van der Waals surface area contributed by atoms with Crippen molar-refractivity contribution in [2.45, 2.75) is 32.1 Å². The second-order valence-corrected chi connectivity index (χ2v) is 5.37. The molecule has 12 heavy (non-hydrogen) atoms. The molecule has 1 heteroatoms. The lowest BCUT2D eigenvalue weighted by atomic mass is 9.78. The maximum Gasteiger partial charge on any atom is 0.0254 e. The van der Waals surface area contributed by atoms with Crippen LogP contribution in [0.2, 0.25) is 0 Å². The van der Waals surface area contributed by atoms with Crippen molar-refractivity contribution in [3.63, 3.8) is 0 Å². The Kier molecular flexibility index (Phi) is 1.69. The van der Waals surface area contributed by atoms with Crippen LogP contribution in [0.15, 0.2) is 0 Å². The van der Waals surface area contributed by atoms with Crippen LogP contribution in [0.1, 0.15) is 32.1 Å². The molecule has 0 radical (unpaired) electrons. The third-order valence-corrected chi connectivity index (χ3v) is 5.17. The summed E-state index contributed by atoms with van der Waals surface area (Å²) >= 11 is 6.01. The van der Waals surface area contributed by atoms with Gasteiger partial charge in [0.05, 0.1) is 0 Å². The Morgan fingerprint density at radius 3 is 2.67 bits per heavy atom. The van der Waals surface area contributed by atoms with Gasteiger partial charge in [0.2, 0.25) is 0 Å². The summed E-state index contributed by atoms with van der Waals surface area (Å²) in [7, 11) is 0. The van der Waals surface area contributed by atoms with Gasteiger partial charge in [-0.2, -0.15) is 0 Å². The molecule has 0 heterocycles. The number of fused-ring (bicyclic) bond motifs is 5. The van der Waals surface area contributed by atoms with E-state index in [-0.39, 0.29) is 0 Å². The molecule has 0 aromatic heterocycles. The molecule has 0 saturated heterocycles. The van der Waals surface area contributed by atoms with Gasteiger partial charge in [-0.1, -0.05) is 0 Å². The molecule has 0 spiro atoms. The maximum absolute atomic E-state index is 6.01. The quantitative estimate of drug-likeness (QED) is 0.549. The average Bonchev–Trinajstić information content (AvgIpc) is 2.76. The molecule has 2 bridgehead atoms. The number of hydrogen-bond donors (Lipinski definition) is 0. The fourth-order valence-corrected chi connectivity index (χ4v) is 4.76. The first-order chi connectivity index (χ1) is 5.90. The minimum Gasteiger partial charge on any atom is -0.126 e. The van der Waals surface area contributed by atoms with Crippen molar-refractivity contribution in [2.24, 2.45) is 29.6 Å². The molecule has 68 valence electrons. The van der Waals surface area contributed by atoms with Crippen LogP contribution in [0.25, 0.3) is 0 Å². The normalized spacial score (nSPS) is 56.2. The van der Waals surface area contributed by atoms with Crippen LogP contribution >= 0.6 is 11.6 Å². The summed E-state index contributed by atoms with van der Waals surface area (Å²) in [6.07, 6.45) is 7.57. The molecular formula is C11H17Cl. The molecule has 0 nitrogen and oxygen atoms in total. The predicted molar refractivity (Wildman–Crippen MR) is 51.3 cm³/mol. The third kappa shape index (κ3) is 0.852. The highest BCUT2D eigenvalue weighted by molar-refractivity contribution is 6.18. The highest BCUT2D eigenvalue weighted by Gasteiger charge is 2.52. The Morgan fingerprint density at radius 1 is 1.00 bits per heavy atom. The fraction of sp³-hybridized carbons (Fsp3) is 1.00. The van der Waals surface area contributed by atoms with Crippen LogP contribution in [0, 0.1) is 29.6 Å². The lowest BCUT2D eigenvalue weighted by molar-refractivity contribution is 0.222. The Bertz CT molecular complexity index is 187. The van der Waals surface area contributed by atoms with Crippen LogP contribution in [0.4, 0.5) is 0 Å². The van der Waals surface area contributed by atoms with Crippen molar-refractivity contribution in [1.82, 2.24) is 0 Å². The number of halogens is 1. The zero-order chi connectivity index (χ0) is 8.13. The van der Waals surface area contributed by atoms with Gasteiger partial charge in [0.1, 0.15) is 0 Å². The zero-order valence-corrected chi connectivity index (χ0v) is 8.26. The van der Waals surface area contributed by atoms with Crippen molar-refractivity contribution in [3.05, 3.63) is 0 Å². The van der Waals surface area contributed by atoms with Crippen molar-refractivity contribution in [2.75, 3.05) is 5.88 Å². The van der Waals surface area contributed by atoms with Crippen molar-refractivity contribution >= 4 is 11.6 Å². The second-order valence-electron chi connectivity index (χ2n) is 5.07. The van der Waals surface area contributed by atoms with Gasteiger partial charge in [-0.05, 0) is 61.7 Å². The van der Waals surface area contributed by atoms with Crippen LogP contribution in [-0.2, 0) is 0 Å². The van der Waals surface area contributed by atoms with Crippen LogP contribution in [0.5, 0.6) is 0 Å². The lowest BCUT2D eigenvalue weighted by Gasteiger charge is -2.27. The largest absolute Gasteiger partial charge is 0.126 e. The van der Waals surface area contributed by atoms with Crippen molar-refractivity contribution < 1.29 is 0 Å². The van der Waals surface area contributed by atoms with Crippen LogP contribution in [0.3, 0.4) is 0 Å². The Balaban J connectivity index is 1.85. The first-order valence-electron chi connectivity index (χ1n) is 5.46. The molecule has 3 rings (SSSR count). The second kappa shape index (κ2) is 2.64. The van der Waals surface area contributed by atoms with Gasteiger partial charge >= 0.3 is 0 Å². The molecule has 3 saturated carbocycles. The van der Waals surface area contributed by atoms with E-state index in [1.807, 2.05) is 0 Å². The summed E-state index contributed by atoms with van der Waals surface area (Å²) in [5.41, 5.74) is 0. The summed E-state index contributed by atoms with van der Waals surface area (Å²) in [6, 6.07) is 0. The van der Waals surface area contributed by atoms with Gasteiger partial charge in [0, 0.05) is 5.88 Å². The smallest absolute Gasteiger partial charge is 0.0254 e. The number of alkyl halides is 1. The van der Waals surface area contributed by atoms with Crippen LogP contribution in [-0.4, -0.2) is 5.88 Å². The number of rotatable bonds is 1. The molecule has 3 fully saturated rings. The monoisotopic (exact) mass is 184 g/mol. The van der Waals surface area contributed by atoms with Gasteiger partial charge in [0.15, 0.2) is 0 Å². The summed E-state index contributed by atoms with van der Waals surface area (Å²) < 4.78 is 0. The first-order valence-corrected chi connectivity index (χ1v) is 5.99. The molecule has 5 unspecified atom stereocenters. The molecule has 3 aliphatic carbocycles. The fourth-order valence-electron chi connectivity index (χ4n) is 4.40.